The molecule has 0 atom stereocenters. The number of amides is 1. The van der Waals surface area contributed by atoms with E-state index in [-0.39, 0.29) is 12.5 Å². The van der Waals surface area contributed by atoms with Gasteiger partial charge in [-0.05, 0) is 72.6 Å². The minimum atomic E-state index is -0.363. The summed E-state index contributed by atoms with van der Waals surface area (Å²) in [6.45, 7) is 5.97. The number of aryl methyl sites for hydroxylation is 2. The van der Waals surface area contributed by atoms with Crippen LogP contribution in [0.2, 0.25) is 0 Å². The van der Waals surface area contributed by atoms with Gasteiger partial charge in [-0.15, -0.1) is 0 Å². The fourth-order valence-electron chi connectivity index (χ4n) is 3.71. The molecular weight excluding hydrogens is 548 g/mol. The summed E-state index contributed by atoms with van der Waals surface area (Å²) in [6.07, 6.45) is 3.34. The molecule has 1 N–H and O–H groups in total. The van der Waals surface area contributed by atoms with E-state index in [1.807, 2.05) is 44.2 Å². The molecule has 0 aliphatic heterocycles. The third kappa shape index (κ3) is 5.02. The summed E-state index contributed by atoms with van der Waals surface area (Å²) in [5, 5.41) is 5.03. The number of nitrogens with zero attached hydrogens (tertiary/aromatic N) is 3. The molecule has 4 aromatic rings. The number of benzene rings is 2. The van der Waals surface area contributed by atoms with E-state index in [0.29, 0.717) is 15.7 Å². The monoisotopic (exact) mass is 568 g/mol. The average Bonchev–Trinajstić information content (AvgIpc) is 3.06. The molecule has 2 aromatic heterocycles. The van der Waals surface area contributed by atoms with Crippen molar-refractivity contribution in [3.05, 3.63) is 86.2 Å². The van der Waals surface area contributed by atoms with Crippen LogP contribution in [0.15, 0.2) is 68.8 Å². The molecule has 6 nitrogen and oxygen atoms in total. The van der Waals surface area contributed by atoms with Gasteiger partial charge in [0.05, 0.1) is 10.7 Å². The van der Waals surface area contributed by atoms with Gasteiger partial charge in [0.2, 0.25) is 0 Å². The molecule has 0 aliphatic rings. The number of carbonyl (C=O) groups excluding carboxylic acids is 1. The summed E-state index contributed by atoms with van der Waals surface area (Å²) in [5.74, 6) is 0.146. The second-order valence-electron chi connectivity index (χ2n) is 7.65. The van der Waals surface area contributed by atoms with Gasteiger partial charge in [0, 0.05) is 38.7 Å². The number of carbonyl (C=O) groups is 1. The zero-order valence-electron chi connectivity index (χ0n) is 18.4. The number of rotatable bonds is 6. The topological polar surface area (TPSA) is 68.5 Å². The summed E-state index contributed by atoms with van der Waals surface area (Å²) >= 11 is 7.01. The Morgan fingerprint density at radius 1 is 1.12 bits per heavy atom. The van der Waals surface area contributed by atoms with Crippen molar-refractivity contribution in [3.63, 3.8) is 0 Å². The molecule has 0 fully saturated rings. The van der Waals surface area contributed by atoms with Crippen LogP contribution in [0.1, 0.15) is 22.5 Å². The van der Waals surface area contributed by atoms with E-state index < -0.39 is 0 Å². The van der Waals surface area contributed by atoms with E-state index >= 15 is 0 Å². The molecule has 2 aromatic carbocycles. The van der Waals surface area contributed by atoms with Crippen molar-refractivity contribution in [2.75, 3.05) is 6.61 Å². The van der Waals surface area contributed by atoms with Gasteiger partial charge in [0.15, 0.2) is 12.4 Å². The van der Waals surface area contributed by atoms with Gasteiger partial charge in [0.1, 0.15) is 5.52 Å². The molecular formula is C25H22Br2N4O2. The Labute approximate surface area is 208 Å². The quantitative estimate of drug-likeness (QED) is 0.228. The second kappa shape index (κ2) is 9.89. The first-order valence-corrected chi connectivity index (χ1v) is 11.9. The van der Waals surface area contributed by atoms with E-state index in [9.17, 15) is 4.79 Å². The molecule has 4 rings (SSSR count). The van der Waals surface area contributed by atoms with E-state index in [2.05, 4.69) is 77.1 Å². The van der Waals surface area contributed by atoms with Crippen molar-refractivity contribution in [2.45, 2.75) is 20.8 Å². The number of hydrazone groups is 1. The first-order chi connectivity index (χ1) is 15.8. The van der Waals surface area contributed by atoms with Gasteiger partial charge in [0.25, 0.3) is 5.91 Å². The van der Waals surface area contributed by atoms with E-state index in [1.54, 1.807) is 12.4 Å². The maximum atomic E-state index is 12.3. The molecule has 0 spiro atoms. The Balaban J connectivity index is 1.44. The van der Waals surface area contributed by atoms with Crippen LogP contribution in [-0.2, 0) is 4.79 Å². The lowest BCUT2D eigenvalue weighted by Gasteiger charge is -2.11. The number of hydrogen-bond donors (Lipinski definition) is 1. The van der Waals surface area contributed by atoms with E-state index in [4.69, 9.17) is 4.74 Å². The van der Waals surface area contributed by atoms with Crippen molar-refractivity contribution < 1.29 is 9.53 Å². The largest absolute Gasteiger partial charge is 0.480 e. The highest BCUT2D eigenvalue weighted by atomic mass is 79.9. The van der Waals surface area contributed by atoms with Crippen LogP contribution in [0.3, 0.4) is 0 Å². The third-order valence-corrected chi connectivity index (χ3v) is 6.47. The molecule has 0 radical (unpaired) electrons. The zero-order valence-corrected chi connectivity index (χ0v) is 21.6. The van der Waals surface area contributed by atoms with Crippen LogP contribution in [0, 0.1) is 20.8 Å². The van der Waals surface area contributed by atoms with Crippen LogP contribution in [0.5, 0.6) is 5.75 Å². The summed E-state index contributed by atoms with van der Waals surface area (Å²) in [7, 11) is 0. The summed E-state index contributed by atoms with van der Waals surface area (Å²) in [4.78, 5) is 16.7. The fourth-order valence-corrected chi connectivity index (χ4v) is 5.10. The fraction of sp³-hybridized carbons (Fsp3) is 0.160. The Morgan fingerprint density at radius 3 is 2.73 bits per heavy atom. The van der Waals surface area contributed by atoms with E-state index in [0.717, 1.165) is 32.5 Å². The Bertz CT molecular complexity index is 1380. The highest BCUT2D eigenvalue weighted by Crippen LogP contribution is 2.37. The first-order valence-electron chi connectivity index (χ1n) is 10.3. The standard InChI is InChI=1S/C25H22Br2N4O2/c1-15-6-4-7-19(10-15)31-16(2)11-18(17(31)3)13-29-30-23(32)14-33-25-22(27)12-21(26)20-8-5-9-28-24(20)25/h4-13H,14H2,1-3H3,(H,30,32)/b29-13+. The Kier molecular flexibility index (Phi) is 6.95. The van der Waals surface area contributed by atoms with Gasteiger partial charge in [-0.25, -0.2) is 5.43 Å². The lowest BCUT2D eigenvalue weighted by molar-refractivity contribution is -0.123. The molecule has 0 bridgehead atoms. The first kappa shape index (κ1) is 23.2. The lowest BCUT2D eigenvalue weighted by atomic mass is 10.2. The number of aromatic nitrogens is 2. The summed E-state index contributed by atoms with van der Waals surface area (Å²) < 4.78 is 9.53. The zero-order chi connectivity index (χ0) is 23.5. The van der Waals surface area contributed by atoms with Crippen molar-refractivity contribution in [2.24, 2.45) is 5.10 Å². The van der Waals surface area contributed by atoms with Crippen molar-refractivity contribution >= 4 is 54.9 Å². The summed E-state index contributed by atoms with van der Waals surface area (Å²) in [5.41, 5.74) is 8.57. The van der Waals surface area contributed by atoms with Crippen LogP contribution >= 0.6 is 31.9 Å². The molecule has 0 aliphatic carbocycles. The minimum absolute atomic E-state index is 0.189. The van der Waals surface area contributed by atoms with Crippen LogP contribution in [0.25, 0.3) is 16.6 Å². The lowest BCUT2D eigenvalue weighted by Crippen LogP contribution is -2.24. The van der Waals surface area contributed by atoms with Crippen LogP contribution < -0.4 is 10.2 Å². The van der Waals surface area contributed by atoms with Gasteiger partial charge in [-0.1, -0.05) is 34.1 Å². The van der Waals surface area contributed by atoms with E-state index in [1.165, 1.54) is 5.56 Å². The maximum absolute atomic E-state index is 12.3. The van der Waals surface area contributed by atoms with Gasteiger partial charge < -0.3 is 9.30 Å². The molecule has 0 saturated carbocycles. The predicted octanol–water partition coefficient (Wildman–Crippen LogP) is 6.00. The predicted molar refractivity (Wildman–Crippen MR) is 138 cm³/mol. The number of pyridine rings is 1. The minimum Gasteiger partial charge on any atom is -0.480 e. The smallest absolute Gasteiger partial charge is 0.277 e. The highest BCUT2D eigenvalue weighted by molar-refractivity contribution is 9.11. The molecule has 2 heterocycles. The number of halogens is 2. The van der Waals surface area contributed by atoms with Crippen LogP contribution in [-0.4, -0.2) is 28.3 Å². The molecule has 33 heavy (non-hydrogen) atoms. The van der Waals surface area contributed by atoms with Gasteiger partial charge >= 0.3 is 0 Å². The maximum Gasteiger partial charge on any atom is 0.277 e. The van der Waals surface area contributed by atoms with Gasteiger partial charge in [-0.3, -0.25) is 9.78 Å². The normalized spacial score (nSPS) is 11.3. The molecule has 168 valence electrons. The molecule has 0 saturated heterocycles. The number of nitrogens with one attached hydrogen (secondary N) is 1. The molecule has 8 heteroatoms. The number of hydrogen-bond acceptors (Lipinski definition) is 4. The number of fused-ring (bicyclic) bond motifs is 1. The average molecular weight is 570 g/mol. The van der Waals surface area contributed by atoms with Crippen molar-refractivity contribution in [1.29, 1.82) is 0 Å². The van der Waals surface area contributed by atoms with Crippen molar-refractivity contribution in [3.8, 4) is 11.4 Å². The summed E-state index contributed by atoms with van der Waals surface area (Å²) in [6, 6.07) is 16.0. The Hall–Kier alpha value is -2.97. The van der Waals surface area contributed by atoms with Gasteiger partial charge in [-0.2, -0.15) is 5.10 Å². The number of ether oxygens (including phenoxy) is 1. The molecule has 1 amide bonds. The Morgan fingerprint density at radius 2 is 1.94 bits per heavy atom. The van der Waals surface area contributed by atoms with Crippen LogP contribution in [0.4, 0.5) is 0 Å². The molecule has 0 unspecified atom stereocenters. The SMILES string of the molecule is Cc1cccc(-n2c(C)cc(/C=N/NC(=O)COc3c(Br)cc(Br)c4cccnc34)c2C)c1. The second-order valence-corrected chi connectivity index (χ2v) is 9.36. The third-order valence-electron chi connectivity index (χ3n) is 5.22. The van der Waals surface area contributed by atoms with Crippen molar-refractivity contribution in [1.82, 2.24) is 15.0 Å². The highest BCUT2D eigenvalue weighted by Gasteiger charge is 2.14.